The van der Waals surface area contributed by atoms with Gasteiger partial charge in [0.1, 0.15) is 18.0 Å². The molecule has 7 heteroatoms. The molecule has 1 aromatic rings. The largest absolute Gasteiger partial charge is 0.368 e. The van der Waals surface area contributed by atoms with Crippen molar-refractivity contribution in [2.75, 3.05) is 37.7 Å². The Morgan fingerprint density at radius 2 is 2.18 bits per heavy atom. The zero-order chi connectivity index (χ0) is 15.5. The normalized spacial score (nSPS) is 21.7. The smallest absolute Gasteiger partial charge is 0.251 e. The maximum Gasteiger partial charge on any atom is 0.251 e. The Kier molecular flexibility index (Phi) is 4.60. The Morgan fingerprint density at radius 1 is 1.41 bits per heavy atom. The van der Waals surface area contributed by atoms with Crippen LogP contribution in [0.1, 0.15) is 18.4 Å². The van der Waals surface area contributed by atoms with Gasteiger partial charge in [-0.1, -0.05) is 0 Å². The average Bonchev–Trinajstić information content (AvgIpc) is 3.08. The minimum absolute atomic E-state index is 0.0985. The molecule has 0 radical (unpaired) electrons. The Balaban J connectivity index is 1.64. The van der Waals surface area contributed by atoms with Gasteiger partial charge in [0.05, 0.1) is 5.56 Å². The number of carbonyl (C=O) groups excluding carboxylic acids is 1. The van der Waals surface area contributed by atoms with E-state index in [-0.39, 0.29) is 12.0 Å². The van der Waals surface area contributed by atoms with Crippen LogP contribution >= 0.6 is 15.9 Å². The van der Waals surface area contributed by atoms with Crippen molar-refractivity contribution in [2.45, 2.75) is 18.9 Å². The van der Waals surface area contributed by atoms with Gasteiger partial charge < -0.3 is 14.5 Å². The number of amides is 1. The molecule has 6 nitrogen and oxygen atoms in total. The number of aromatic nitrogens is 1. The van der Waals surface area contributed by atoms with Gasteiger partial charge in [-0.2, -0.15) is 5.26 Å². The van der Waals surface area contributed by atoms with Crippen LogP contribution < -0.4 is 4.90 Å². The summed E-state index contributed by atoms with van der Waals surface area (Å²) in [6, 6.07) is 3.95. The van der Waals surface area contributed by atoms with E-state index in [2.05, 4.69) is 31.9 Å². The lowest BCUT2D eigenvalue weighted by molar-refractivity contribution is -0.141. The van der Waals surface area contributed by atoms with Crippen LogP contribution in [0.5, 0.6) is 0 Å². The summed E-state index contributed by atoms with van der Waals surface area (Å²) in [7, 11) is 0. The Labute approximate surface area is 137 Å². The van der Waals surface area contributed by atoms with Crippen molar-refractivity contribution >= 4 is 27.7 Å². The Morgan fingerprint density at radius 3 is 2.82 bits per heavy atom. The van der Waals surface area contributed by atoms with E-state index >= 15 is 0 Å². The van der Waals surface area contributed by atoms with Gasteiger partial charge in [0.2, 0.25) is 0 Å². The number of nitriles is 1. The molecule has 0 aliphatic carbocycles. The number of ether oxygens (including phenoxy) is 1. The number of anilines is 1. The summed E-state index contributed by atoms with van der Waals surface area (Å²) in [6.07, 6.45) is 3.23. The van der Waals surface area contributed by atoms with Gasteiger partial charge >= 0.3 is 0 Å². The molecule has 2 aliphatic rings. The van der Waals surface area contributed by atoms with Gasteiger partial charge in [0.25, 0.3) is 5.91 Å². The van der Waals surface area contributed by atoms with Crippen molar-refractivity contribution in [3.63, 3.8) is 0 Å². The molecular formula is C15H17BrN4O2. The van der Waals surface area contributed by atoms with Gasteiger partial charge in [-0.05, 0) is 34.8 Å². The average molecular weight is 365 g/mol. The van der Waals surface area contributed by atoms with Gasteiger partial charge in [0, 0.05) is 43.5 Å². The summed E-state index contributed by atoms with van der Waals surface area (Å²) in [6.45, 7) is 3.33. The topological polar surface area (TPSA) is 69.5 Å². The molecule has 0 N–H and O–H groups in total. The molecule has 1 unspecified atom stereocenters. The lowest BCUT2D eigenvalue weighted by atomic mass is 10.2. The molecule has 0 aromatic carbocycles. The number of pyridine rings is 1. The van der Waals surface area contributed by atoms with Crippen LogP contribution in [0.25, 0.3) is 0 Å². The highest BCUT2D eigenvalue weighted by Crippen LogP contribution is 2.23. The van der Waals surface area contributed by atoms with E-state index in [9.17, 15) is 10.1 Å². The van der Waals surface area contributed by atoms with Crippen LogP contribution in [0.15, 0.2) is 16.7 Å². The summed E-state index contributed by atoms with van der Waals surface area (Å²) in [5.74, 6) is 0.788. The fraction of sp³-hybridized carbons (Fsp3) is 0.533. The number of halogens is 1. The lowest BCUT2D eigenvalue weighted by Gasteiger charge is -2.36. The van der Waals surface area contributed by atoms with Crippen LogP contribution in [-0.2, 0) is 9.53 Å². The molecule has 2 aliphatic heterocycles. The van der Waals surface area contributed by atoms with Crippen LogP contribution in [0, 0.1) is 11.3 Å². The van der Waals surface area contributed by atoms with Crippen molar-refractivity contribution in [3.8, 4) is 6.07 Å². The predicted molar refractivity (Wildman–Crippen MR) is 84.4 cm³/mol. The van der Waals surface area contributed by atoms with Gasteiger partial charge in [-0.3, -0.25) is 4.79 Å². The first-order chi connectivity index (χ1) is 10.7. The molecule has 2 fully saturated rings. The molecule has 1 amide bonds. The van der Waals surface area contributed by atoms with Crippen LogP contribution in [-0.4, -0.2) is 54.7 Å². The van der Waals surface area contributed by atoms with E-state index in [0.29, 0.717) is 44.2 Å². The first-order valence-electron chi connectivity index (χ1n) is 7.40. The first kappa shape index (κ1) is 15.3. The number of piperazine rings is 1. The number of rotatable bonds is 2. The van der Waals surface area contributed by atoms with Gasteiger partial charge in [0.15, 0.2) is 0 Å². The molecule has 0 spiro atoms. The minimum Gasteiger partial charge on any atom is -0.368 e. The van der Waals surface area contributed by atoms with Crippen molar-refractivity contribution < 1.29 is 9.53 Å². The number of carbonyl (C=O) groups is 1. The van der Waals surface area contributed by atoms with Crippen molar-refractivity contribution in [3.05, 3.63) is 22.3 Å². The molecule has 3 rings (SSSR count). The molecule has 0 saturated carbocycles. The summed E-state index contributed by atoms with van der Waals surface area (Å²) in [5, 5.41) is 9.24. The quantitative estimate of drug-likeness (QED) is 0.795. The number of hydrogen-bond donors (Lipinski definition) is 0. The van der Waals surface area contributed by atoms with Crippen LogP contribution in [0.2, 0.25) is 0 Å². The number of nitrogens with zero attached hydrogens (tertiary/aromatic N) is 4. The van der Waals surface area contributed by atoms with E-state index < -0.39 is 0 Å². The van der Waals surface area contributed by atoms with E-state index in [1.807, 2.05) is 4.90 Å². The highest BCUT2D eigenvalue weighted by atomic mass is 79.9. The minimum atomic E-state index is -0.257. The third-order valence-corrected chi connectivity index (χ3v) is 4.48. The maximum atomic E-state index is 12.3. The molecule has 1 atom stereocenters. The maximum absolute atomic E-state index is 12.3. The van der Waals surface area contributed by atoms with Gasteiger partial charge in [-0.15, -0.1) is 0 Å². The van der Waals surface area contributed by atoms with Gasteiger partial charge in [-0.25, -0.2) is 4.98 Å². The second-order valence-electron chi connectivity index (χ2n) is 5.45. The van der Waals surface area contributed by atoms with E-state index in [1.165, 1.54) is 0 Å². The first-order valence-corrected chi connectivity index (χ1v) is 8.19. The zero-order valence-corrected chi connectivity index (χ0v) is 13.8. The third-order valence-electron chi connectivity index (χ3n) is 4.05. The van der Waals surface area contributed by atoms with Crippen molar-refractivity contribution in [2.24, 2.45) is 0 Å². The molecule has 1 aromatic heterocycles. The summed E-state index contributed by atoms with van der Waals surface area (Å²) in [4.78, 5) is 20.6. The van der Waals surface area contributed by atoms with Crippen molar-refractivity contribution in [1.82, 2.24) is 9.88 Å². The molecular weight excluding hydrogens is 348 g/mol. The standard InChI is InChI=1S/C15H17BrN4O2/c16-12-8-11(9-17)14(18-10-12)19-3-5-20(6-4-19)15(21)13-2-1-7-22-13/h8,10,13H,1-7H2. The van der Waals surface area contributed by atoms with E-state index in [4.69, 9.17) is 4.74 Å². The molecule has 3 heterocycles. The van der Waals surface area contributed by atoms with Crippen LogP contribution in [0.4, 0.5) is 5.82 Å². The highest BCUT2D eigenvalue weighted by Gasteiger charge is 2.30. The monoisotopic (exact) mass is 364 g/mol. The summed E-state index contributed by atoms with van der Waals surface area (Å²) in [5.41, 5.74) is 0.549. The summed E-state index contributed by atoms with van der Waals surface area (Å²) < 4.78 is 6.26. The predicted octanol–water partition coefficient (Wildman–Crippen LogP) is 1.54. The van der Waals surface area contributed by atoms with Crippen LogP contribution in [0.3, 0.4) is 0 Å². The van der Waals surface area contributed by atoms with E-state index in [0.717, 1.165) is 17.3 Å². The Hall–Kier alpha value is -1.65. The summed E-state index contributed by atoms with van der Waals surface area (Å²) >= 11 is 3.33. The Bertz CT molecular complexity index is 602. The fourth-order valence-electron chi connectivity index (χ4n) is 2.88. The molecule has 22 heavy (non-hydrogen) atoms. The zero-order valence-electron chi connectivity index (χ0n) is 12.2. The van der Waals surface area contributed by atoms with Crippen molar-refractivity contribution in [1.29, 1.82) is 5.26 Å². The SMILES string of the molecule is N#Cc1cc(Br)cnc1N1CCN(C(=O)C2CCCO2)CC1. The highest BCUT2D eigenvalue weighted by molar-refractivity contribution is 9.10. The second-order valence-corrected chi connectivity index (χ2v) is 6.37. The second kappa shape index (κ2) is 6.63. The lowest BCUT2D eigenvalue weighted by Crippen LogP contribution is -2.51. The number of hydrogen-bond acceptors (Lipinski definition) is 5. The fourth-order valence-corrected chi connectivity index (χ4v) is 3.21. The third kappa shape index (κ3) is 3.08. The molecule has 2 saturated heterocycles. The molecule has 0 bridgehead atoms. The van der Waals surface area contributed by atoms with E-state index in [1.54, 1.807) is 12.3 Å². The molecule has 116 valence electrons.